The number of hydrogen-bond donors (Lipinski definition) is 1. The van der Waals surface area contributed by atoms with Crippen molar-refractivity contribution < 1.29 is 9.13 Å². The molecule has 1 unspecified atom stereocenters. The molecule has 2 aromatic carbocycles. The van der Waals surface area contributed by atoms with Crippen molar-refractivity contribution in [3.8, 4) is 5.75 Å². The number of hydrogen-bond acceptors (Lipinski definition) is 2. The van der Waals surface area contributed by atoms with E-state index >= 15 is 0 Å². The van der Waals surface area contributed by atoms with E-state index in [2.05, 4.69) is 21.2 Å². The van der Waals surface area contributed by atoms with Gasteiger partial charge in [-0.2, -0.15) is 0 Å². The molecule has 1 atom stereocenters. The van der Waals surface area contributed by atoms with Gasteiger partial charge in [-0.25, -0.2) is 4.39 Å². The van der Waals surface area contributed by atoms with Crippen LogP contribution in [0.25, 0.3) is 0 Å². The summed E-state index contributed by atoms with van der Waals surface area (Å²) in [4.78, 5) is 0. The number of nitrogens with one attached hydrogen (secondary N) is 1. The van der Waals surface area contributed by atoms with Crippen LogP contribution in [-0.4, -0.2) is 20.2 Å². The average Bonchev–Trinajstić information content (AvgIpc) is 2.50. The number of halogens is 2. The summed E-state index contributed by atoms with van der Waals surface area (Å²) in [5.41, 5.74) is 2.31. The largest absolute Gasteiger partial charge is 0.497 e. The van der Waals surface area contributed by atoms with Crippen molar-refractivity contribution in [2.75, 3.05) is 14.2 Å². The molecule has 4 heteroatoms. The molecule has 0 aliphatic rings. The summed E-state index contributed by atoms with van der Waals surface area (Å²) in [5.74, 6) is 0.653. The zero-order valence-electron chi connectivity index (χ0n) is 12.2. The van der Waals surface area contributed by atoms with Gasteiger partial charge < -0.3 is 10.1 Å². The Labute approximate surface area is 133 Å². The van der Waals surface area contributed by atoms with Gasteiger partial charge in [-0.1, -0.05) is 28.1 Å². The van der Waals surface area contributed by atoms with Crippen molar-refractivity contribution in [3.63, 3.8) is 0 Å². The summed E-state index contributed by atoms with van der Waals surface area (Å²) >= 11 is 3.58. The average molecular weight is 352 g/mol. The molecule has 0 aliphatic carbocycles. The molecule has 2 aromatic rings. The van der Waals surface area contributed by atoms with Gasteiger partial charge in [-0.15, -0.1) is 0 Å². The Morgan fingerprint density at radius 1 is 1.14 bits per heavy atom. The number of methoxy groups -OCH3 is 1. The summed E-state index contributed by atoms with van der Waals surface area (Å²) in [7, 11) is 3.61. The maximum absolute atomic E-state index is 13.0. The van der Waals surface area contributed by atoms with Gasteiger partial charge in [0.2, 0.25) is 0 Å². The standard InChI is InChI=1S/C17H19BrFNO/c1-20-15(9-12-3-5-14(19)6-4-12)10-13-11-16(21-2)7-8-17(13)18/h3-8,11,15,20H,9-10H2,1-2H3. The first-order chi connectivity index (χ1) is 10.1. The lowest BCUT2D eigenvalue weighted by Crippen LogP contribution is -2.30. The van der Waals surface area contributed by atoms with E-state index in [1.165, 1.54) is 17.7 Å². The smallest absolute Gasteiger partial charge is 0.123 e. The van der Waals surface area contributed by atoms with Crippen molar-refractivity contribution in [2.24, 2.45) is 0 Å². The van der Waals surface area contributed by atoms with Crippen molar-refractivity contribution in [1.29, 1.82) is 0 Å². The van der Waals surface area contributed by atoms with Crippen LogP contribution in [0.4, 0.5) is 4.39 Å². The molecule has 2 rings (SSSR count). The van der Waals surface area contributed by atoms with E-state index in [4.69, 9.17) is 4.74 Å². The van der Waals surface area contributed by atoms with Crippen LogP contribution in [-0.2, 0) is 12.8 Å². The van der Waals surface area contributed by atoms with Crippen LogP contribution in [0.2, 0.25) is 0 Å². The van der Waals surface area contributed by atoms with E-state index in [0.717, 1.165) is 28.6 Å². The van der Waals surface area contributed by atoms with E-state index in [9.17, 15) is 4.39 Å². The Bertz CT molecular complexity index is 586. The van der Waals surface area contributed by atoms with E-state index < -0.39 is 0 Å². The fourth-order valence-corrected chi connectivity index (χ4v) is 2.69. The van der Waals surface area contributed by atoms with Crippen molar-refractivity contribution in [2.45, 2.75) is 18.9 Å². The second-order valence-corrected chi connectivity index (χ2v) is 5.83. The Hall–Kier alpha value is -1.39. The minimum Gasteiger partial charge on any atom is -0.497 e. The predicted molar refractivity (Wildman–Crippen MR) is 87.3 cm³/mol. The number of rotatable bonds is 6. The fourth-order valence-electron chi connectivity index (χ4n) is 2.28. The molecule has 0 aliphatic heterocycles. The van der Waals surface area contributed by atoms with E-state index in [1.54, 1.807) is 7.11 Å². The minimum absolute atomic E-state index is 0.199. The molecule has 21 heavy (non-hydrogen) atoms. The highest BCUT2D eigenvalue weighted by molar-refractivity contribution is 9.10. The normalized spacial score (nSPS) is 12.2. The summed E-state index contributed by atoms with van der Waals surface area (Å²) in [6, 6.07) is 12.9. The molecule has 0 bridgehead atoms. The molecule has 1 N–H and O–H groups in total. The first kappa shape index (κ1) is 16.0. The highest BCUT2D eigenvalue weighted by Gasteiger charge is 2.11. The monoisotopic (exact) mass is 351 g/mol. The Kier molecular flexibility index (Phi) is 5.76. The zero-order valence-corrected chi connectivity index (χ0v) is 13.8. The number of benzene rings is 2. The molecule has 0 saturated heterocycles. The van der Waals surface area contributed by atoms with Crippen molar-refractivity contribution >= 4 is 15.9 Å². The van der Waals surface area contributed by atoms with E-state index in [1.807, 2.05) is 37.4 Å². The third kappa shape index (κ3) is 4.55. The van der Waals surface area contributed by atoms with Crippen molar-refractivity contribution in [3.05, 3.63) is 63.9 Å². The maximum Gasteiger partial charge on any atom is 0.123 e. The van der Waals surface area contributed by atoms with E-state index in [-0.39, 0.29) is 11.9 Å². The molecule has 0 aromatic heterocycles. The highest BCUT2D eigenvalue weighted by atomic mass is 79.9. The van der Waals surface area contributed by atoms with Crippen LogP contribution in [0.3, 0.4) is 0 Å². The Balaban J connectivity index is 2.10. The Morgan fingerprint density at radius 3 is 2.48 bits per heavy atom. The molecule has 112 valence electrons. The second kappa shape index (κ2) is 7.57. The second-order valence-electron chi connectivity index (χ2n) is 4.98. The quantitative estimate of drug-likeness (QED) is 0.850. The van der Waals surface area contributed by atoms with Crippen LogP contribution in [0, 0.1) is 5.82 Å². The molecule has 0 fully saturated rings. The van der Waals surface area contributed by atoms with Gasteiger partial charge in [-0.3, -0.25) is 0 Å². The number of ether oxygens (including phenoxy) is 1. The minimum atomic E-state index is -0.199. The van der Waals surface area contributed by atoms with Crippen LogP contribution in [0.5, 0.6) is 5.75 Å². The van der Waals surface area contributed by atoms with Gasteiger partial charge >= 0.3 is 0 Å². The third-order valence-electron chi connectivity index (χ3n) is 3.52. The molecule has 0 heterocycles. The fraction of sp³-hybridized carbons (Fsp3) is 0.294. The van der Waals surface area contributed by atoms with Gasteiger partial charge in [0, 0.05) is 10.5 Å². The van der Waals surface area contributed by atoms with Crippen molar-refractivity contribution in [1.82, 2.24) is 5.32 Å². The summed E-state index contributed by atoms with van der Waals surface area (Å²) < 4.78 is 19.3. The van der Waals surface area contributed by atoms with Crippen LogP contribution in [0.1, 0.15) is 11.1 Å². The Morgan fingerprint density at radius 2 is 1.86 bits per heavy atom. The summed E-state index contributed by atoms with van der Waals surface area (Å²) in [6.07, 6.45) is 1.71. The highest BCUT2D eigenvalue weighted by Crippen LogP contribution is 2.24. The van der Waals surface area contributed by atoms with Crippen LogP contribution < -0.4 is 10.1 Å². The van der Waals surface area contributed by atoms with Gasteiger partial charge in [0.15, 0.2) is 0 Å². The molecule has 0 spiro atoms. The lowest BCUT2D eigenvalue weighted by atomic mass is 9.99. The van der Waals surface area contributed by atoms with Gasteiger partial charge in [0.1, 0.15) is 11.6 Å². The molecule has 0 saturated carbocycles. The van der Waals surface area contributed by atoms with Crippen LogP contribution >= 0.6 is 15.9 Å². The molecule has 2 nitrogen and oxygen atoms in total. The maximum atomic E-state index is 13.0. The topological polar surface area (TPSA) is 21.3 Å². The first-order valence-corrected chi connectivity index (χ1v) is 7.66. The lowest BCUT2D eigenvalue weighted by molar-refractivity contribution is 0.413. The van der Waals surface area contributed by atoms with Gasteiger partial charge in [-0.05, 0) is 61.3 Å². The lowest BCUT2D eigenvalue weighted by Gasteiger charge is -2.18. The number of likely N-dealkylation sites (N-methyl/N-ethyl adjacent to an activating group) is 1. The molecule has 0 radical (unpaired) electrons. The van der Waals surface area contributed by atoms with Gasteiger partial charge in [0.05, 0.1) is 7.11 Å². The van der Waals surface area contributed by atoms with Gasteiger partial charge in [0.25, 0.3) is 0 Å². The molecular weight excluding hydrogens is 333 g/mol. The SMILES string of the molecule is CNC(Cc1ccc(F)cc1)Cc1cc(OC)ccc1Br. The summed E-state index contributed by atoms with van der Waals surface area (Å²) in [6.45, 7) is 0. The summed E-state index contributed by atoms with van der Waals surface area (Å²) in [5, 5.41) is 3.32. The zero-order chi connectivity index (χ0) is 15.2. The predicted octanol–water partition coefficient (Wildman–Crippen LogP) is 3.97. The first-order valence-electron chi connectivity index (χ1n) is 6.86. The third-order valence-corrected chi connectivity index (χ3v) is 4.30. The molecule has 0 amide bonds. The van der Waals surface area contributed by atoms with Crippen LogP contribution in [0.15, 0.2) is 46.9 Å². The molecular formula is C17H19BrFNO. The van der Waals surface area contributed by atoms with E-state index in [0.29, 0.717) is 0 Å².